The maximum atomic E-state index is 11.9. The van der Waals surface area contributed by atoms with Gasteiger partial charge in [-0.25, -0.2) is 0 Å². The Hall–Kier alpha value is -1.42. The van der Waals surface area contributed by atoms with Gasteiger partial charge in [0.2, 0.25) is 0 Å². The van der Waals surface area contributed by atoms with Gasteiger partial charge in [0.05, 0.1) is 6.10 Å². The largest absolute Gasteiger partial charge is 0.505 e. The van der Waals surface area contributed by atoms with Crippen molar-refractivity contribution in [2.75, 3.05) is 0 Å². The number of carbonyl (C=O) groups excluding carboxylic acids is 2. The molecule has 0 aromatic heterocycles. The lowest BCUT2D eigenvalue weighted by molar-refractivity contribution is -0.124. The van der Waals surface area contributed by atoms with Crippen LogP contribution in [-0.2, 0) is 9.59 Å². The van der Waals surface area contributed by atoms with Crippen LogP contribution in [0.4, 0.5) is 0 Å². The lowest BCUT2D eigenvalue weighted by atomic mass is 9.46. The Morgan fingerprint density at radius 1 is 1.20 bits per heavy atom. The summed E-state index contributed by atoms with van der Waals surface area (Å²) in [6.07, 6.45) is 7.61. The lowest BCUT2D eigenvalue weighted by Gasteiger charge is -2.59. The molecule has 0 heterocycles. The minimum Gasteiger partial charge on any atom is -0.505 e. The standard InChI is InChI=1S/C21H28O4/c1-20-8-7-13(23)9-12(20)3-4-14-15-5-6-16(18(25)11-22)21(15,2)10-17(24)19(14)20/h9,11,14-15,17,19,24-25H,3-8,10H2,1-2H3/t14-,15-,17?,19+,20-,21-/m0/s1. The maximum Gasteiger partial charge on any atom is 0.184 e. The summed E-state index contributed by atoms with van der Waals surface area (Å²) in [6.45, 7) is 4.36. The van der Waals surface area contributed by atoms with Gasteiger partial charge in [-0.2, -0.15) is 0 Å². The molecule has 3 saturated carbocycles. The number of rotatable bonds is 1. The average Bonchev–Trinajstić information content (AvgIpc) is 2.91. The van der Waals surface area contributed by atoms with Crippen LogP contribution in [-0.4, -0.2) is 28.4 Å². The van der Waals surface area contributed by atoms with Crippen LogP contribution >= 0.6 is 0 Å². The van der Waals surface area contributed by atoms with Gasteiger partial charge in [0.25, 0.3) is 0 Å². The minimum absolute atomic E-state index is 0.0866. The van der Waals surface area contributed by atoms with Crippen LogP contribution < -0.4 is 0 Å². The quantitative estimate of drug-likeness (QED) is 0.434. The zero-order valence-corrected chi connectivity index (χ0v) is 15.1. The van der Waals surface area contributed by atoms with Gasteiger partial charge in [-0.05, 0) is 78.8 Å². The molecule has 0 aromatic carbocycles. The van der Waals surface area contributed by atoms with Gasteiger partial charge in [0.15, 0.2) is 17.8 Å². The Morgan fingerprint density at radius 2 is 1.96 bits per heavy atom. The van der Waals surface area contributed by atoms with Gasteiger partial charge in [0.1, 0.15) is 0 Å². The average molecular weight is 344 g/mol. The first-order valence-electron chi connectivity index (χ1n) is 9.61. The highest BCUT2D eigenvalue weighted by Crippen LogP contribution is 2.66. The molecule has 0 amide bonds. The molecule has 0 bridgehead atoms. The second-order valence-corrected chi connectivity index (χ2v) is 9.10. The number of hydrogen-bond donors (Lipinski definition) is 2. The van der Waals surface area contributed by atoms with E-state index >= 15 is 0 Å². The highest BCUT2D eigenvalue weighted by atomic mass is 16.3. The topological polar surface area (TPSA) is 74.6 Å². The molecule has 4 heteroatoms. The fourth-order valence-electron chi connectivity index (χ4n) is 6.99. The SMILES string of the molecule is C[C@]12CCC(=O)C=C1CC[C@@H]1[C@@H]2C(O)C[C@]2(C)C(=C(O)C=O)CC[C@@H]12. The van der Waals surface area contributed by atoms with Crippen molar-refractivity contribution in [3.05, 3.63) is 23.0 Å². The molecule has 1 unspecified atom stereocenters. The van der Waals surface area contributed by atoms with E-state index in [1.165, 1.54) is 5.57 Å². The van der Waals surface area contributed by atoms with Crippen LogP contribution in [0.25, 0.3) is 0 Å². The first-order chi connectivity index (χ1) is 11.8. The molecule has 0 saturated heterocycles. The molecule has 136 valence electrons. The number of carbonyl (C=O) groups is 2. The zero-order valence-electron chi connectivity index (χ0n) is 15.1. The summed E-state index contributed by atoms with van der Waals surface area (Å²) in [5.74, 6) is 1.07. The molecule has 3 fully saturated rings. The second-order valence-electron chi connectivity index (χ2n) is 9.10. The Bertz CT molecular complexity index is 690. The molecule has 6 atom stereocenters. The van der Waals surface area contributed by atoms with Gasteiger partial charge >= 0.3 is 0 Å². The van der Waals surface area contributed by atoms with E-state index in [9.17, 15) is 19.8 Å². The summed E-state index contributed by atoms with van der Waals surface area (Å²) in [5.41, 5.74) is 1.71. The van der Waals surface area contributed by atoms with Crippen molar-refractivity contribution in [2.45, 2.75) is 64.9 Å². The lowest BCUT2D eigenvalue weighted by Crippen LogP contribution is -2.55. The van der Waals surface area contributed by atoms with Crippen molar-refractivity contribution in [3.63, 3.8) is 0 Å². The second kappa shape index (κ2) is 5.54. The van der Waals surface area contributed by atoms with Gasteiger partial charge in [-0.3, -0.25) is 9.59 Å². The number of aliphatic hydroxyl groups excluding tert-OH is 2. The summed E-state index contributed by atoms with van der Waals surface area (Å²) in [4.78, 5) is 23.0. The minimum atomic E-state index is -0.458. The summed E-state index contributed by atoms with van der Waals surface area (Å²) < 4.78 is 0. The molecule has 0 aromatic rings. The molecule has 0 aliphatic heterocycles. The van der Waals surface area contributed by atoms with Crippen LogP contribution in [0.3, 0.4) is 0 Å². The Labute approximate surface area is 149 Å². The molecule has 4 aliphatic rings. The predicted octanol–water partition coefficient (Wildman–Crippen LogP) is 3.50. The first-order valence-corrected chi connectivity index (χ1v) is 9.61. The molecule has 4 aliphatic carbocycles. The normalized spacial score (nSPS) is 48.1. The van der Waals surface area contributed by atoms with E-state index in [2.05, 4.69) is 13.8 Å². The van der Waals surface area contributed by atoms with E-state index in [4.69, 9.17) is 0 Å². The van der Waals surface area contributed by atoms with E-state index in [1.807, 2.05) is 6.08 Å². The third kappa shape index (κ3) is 2.22. The summed E-state index contributed by atoms with van der Waals surface area (Å²) in [6, 6.07) is 0. The fraction of sp³-hybridized carbons (Fsp3) is 0.714. The predicted molar refractivity (Wildman–Crippen MR) is 93.8 cm³/mol. The molecule has 4 nitrogen and oxygen atoms in total. The highest BCUT2D eigenvalue weighted by molar-refractivity contribution is 5.91. The summed E-state index contributed by atoms with van der Waals surface area (Å²) >= 11 is 0. The smallest absolute Gasteiger partial charge is 0.184 e. The third-order valence-electron chi connectivity index (χ3n) is 8.10. The summed E-state index contributed by atoms with van der Waals surface area (Å²) in [5, 5.41) is 21.2. The zero-order chi connectivity index (χ0) is 18.0. The molecule has 4 rings (SSSR count). The van der Waals surface area contributed by atoms with Crippen molar-refractivity contribution in [2.24, 2.45) is 28.6 Å². The number of aliphatic hydroxyl groups is 2. The molecular weight excluding hydrogens is 316 g/mol. The third-order valence-corrected chi connectivity index (χ3v) is 8.10. The number of aldehydes is 1. The maximum absolute atomic E-state index is 11.9. The highest BCUT2D eigenvalue weighted by Gasteiger charge is 2.61. The number of allylic oxidation sites excluding steroid dienone is 3. The Kier molecular flexibility index (Phi) is 3.77. The molecule has 0 spiro atoms. The first kappa shape index (κ1) is 17.0. The van der Waals surface area contributed by atoms with E-state index in [0.717, 1.165) is 37.7 Å². The number of fused-ring (bicyclic) bond motifs is 5. The Morgan fingerprint density at radius 3 is 2.68 bits per heavy atom. The van der Waals surface area contributed by atoms with Crippen LogP contribution in [0.5, 0.6) is 0 Å². The van der Waals surface area contributed by atoms with Crippen molar-refractivity contribution in [3.8, 4) is 0 Å². The van der Waals surface area contributed by atoms with Crippen molar-refractivity contribution >= 4 is 12.1 Å². The monoisotopic (exact) mass is 344 g/mol. The van der Waals surface area contributed by atoms with Crippen molar-refractivity contribution < 1.29 is 19.8 Å². The van der Waals surface area contributed by atoms with Gasteiger partial charge in [-0.1, -0.05) is 19.4 Å². The van der Waals surface area contributed by atoms with Gasteiger partial charge in [-0.15, -0.1) is 0 Å². The van der Waals surface area contributed by atoms with Crippen molar-refractivity contribution in [1.29, 1.82) is 0 Å². The van der Waals surface area contributed by atoms with E-state index in [0.29, 0.717) is 31.0 Å². The van der Waals surface area contributed by atoms with E-state index in [-0.39, 0.29) is 28.3 Å². The molecular formula is C21H28O4. The van der Waals surface area contributed by atoms with E-state index < -0.39 is 6.10 Å². The van der Waals surface area contributed by atoms with Gasteiger partial charge in [0, 0.05) is 6.42 Å². The Balaban J connectivity index is 1.75. The van der Waals surface area contributed by atoms with Crippen molar-refractivity contribution in [1.82, 2.24) is 0 Å². The van der Waals surface area contributed by atoms with Crippen LogP contribution in [0, 0.1) is 28.6 Å². The van der Waals surface area contributed by atoms with Crippen LogP contribution in [0.15, 0.2) is 23.0 Å². The molecule has 2 N–H and O–H groups in total. The van der Waals surface area contributed by atoms with Crippen LogP contribution in [0.1, 0.15) is 58.8 Å². The van der Waals surface area contributed by atoms with Gasteiger partial charge < -0.3 is 10.2 Å². The fourth-order valence-corrected chi connectivity index (χ4v) is 6.99. The van der Waals surface area contributed by atoms with Crippen LogP contribution in [0.2, 0.25) is 0 Å². The summed E-state index contributed by atoms with van der Waals surface area (Å²) in [7, 11) is 0. The molecule has 25 heavy (non-hydrogen) atoms. The number of hydrogen-bond acceptors (Lipinski definition) is 4. The molecule has 0 radical (unpaired) electrons. The number of ketones is 1. The van der Waals surface area contributed by atoms with E-state index in [1.54, 1.807) is 0 Å².